The zero-order chi connectivity index (χ0) is 28.7. The van der Waals surface area contributed by atoms with Crippen molar-refractivity contribution in [2.24, 2.45) is 0 Å². The lowest BCUT2D eigenvalue weighted by Crippen LogP contribution is -2.51. The third-order valence-corrected chi connectivity index (χ3v) is 10.9. The van der Waals surface area contributed by atoms with E-state index in [9.17, 15) is 8.78 Å². The molecule has 4 atom stereocenters. The highest BCUT2D eigenvalue weighted by atomic mass is 35.5. The van der Waals surface area contributed by atoms with Crippen molar-refractivity contribution < 1.29 is 13.5 Å². The predicted molar refractivity (Wildman–Crippen MR) is 163 cm³/mol. The second kappa shape index (κ2) is 9.99. The Hall–Kier alpha value is -2.57. The maximum atomic E-state index is 14.6. The van der Waals surface area contributed by atoms with Gasteiger partial charge in [0.1, 0.15) is 24.4 Å². The molecule has 0 radical (unpaired) electrons. The summed E-state index contributed by atoms with van der Waals surface area (Å²) < 4.78 is 35.7. The largest absolute Gasteiger partial charge is 0.461 e. The van der Waals surface area contributed by atoms with Gasteiger partial charge in [-0.1, -0.05) is 34.5 Å². The SMILES string of the molecule is Nc1nc2c(-c3c(Cl)cc4c(N5CC6CCC(C5)N6)nc(OC[C@@]56CCCN5C[C@H](F)C6)nc4c3Cl)ccc(F)c2s1. The zero-order valence-corrected chi connectivity index (χ0v) is 25.0. The molecule has 3 N–H and O–H groups in total. The number of nitrogens with two attached hydrogens (primary N) is 1. The van der Waals surface area contributed by atoms with Gasteiger partial charge < -0.3 is 20.7 Å². The number of nitrogens with one attached hydrogen (secondary N) is 1. The number of fused-ring (bicyclic) bond motifs is 5. The number of rotatable bonds is 5. The number of alkyl halides is 1. The van der Waals surface area contributed by atoms with Gasteiger partial charge in [-0.05, 0) is 50.4 Å². The first-order chi connectivity index (χ1) is 20.3. The summed E-state index contributed by atoms with van der Waals surface area (Å²) in [6.45, 7) is 3.20. The third-order valence-electron chi connectivity index (χ3n) is 9.37. The number of nitrogen functional groups attached to an aromatic ring is 1. The van der Waals surface area contributed by atoms with Crippen molar-refractivity contribution in [3.05, 3.63) is 34.1 Å². The van der Waals surface area contributed by atoms with E-state index in [0.717, 1.165) is 56.7 Å². The van der Waals surface area contributed by atoms with E-state index in [1.807, 2.05) is 6.07 Å². The van der Waals surface area contributed by atoms with Crippen LogP contribution in [0.15, 0.2) is 18.2 Å². The fourth-order valence-electron chi connectivity index (χ4n) is 7.52. The summed E-state index contributed by atoms with van der Waals surface area (Å²) in [6.07, 6.45) is 3.72. The van der Waals surface area contributed by atoms with E-state index in [1.165, 1.54) is 6.07 Å². The van der Waals surface area contributed by atoms with Crippen LogP contribution in [0.5, 0.6) is 6.01 Å². The summed E-state index contributed by atoms with van der Waals surface area (Å²) in [5.41, 5.74) is 7.55. The molecule has 0 aliphatic carbocycles. The van der Waals surface area contributed by atoms with E-state index in [0.29, 0.717) is 79.8 Å². The molecule has 8 rings (SSSR count). The molecule has 2 aromatic carbocycles. The Morgan fingerprint density at radius 3 is 2.74 bits per heavy atom. The summed E-state index contributed by atoms with van der Waals surface area (Å²) in [7, 11) is 0. The van der Waals surface area contributed by atoms with E-state index in [-0.39, 0.29) is 16.7 Å². The molecule has 4 aliphatic heterocycles. The van der Waals surface area contributed by atoms with Crippen LogP contribution in [0.3, 0.4) is 0 Å². The first kappa shape index (κ1) is 27.0. The third kappa shape index (κ3) is 4.30. The van der Waals surface area contributed by atoms with Crippen LogP contribution in [0.2, 0.25) is 10.0 Å². The minimum absolute atomic E-state index is 0.198. The summed E-state index contributed by atoms with van der Waals surface area (Å²) in [5, 5.41) is 5.31. The number of piperazine rings is 1. The Labute approximate surface area is 255 Å². The minimum atomic E-state index is -0.857. The van der Waals surface area contributed by atoms with Crippen molar-refractivity contribution in [3.63, 3.8) is 0 Å². The number of benzene rings is 2. The van der Waals surface area contributed by atoms with Gasteiger partial charge in [0.15, 0.2) is 5.13 Å². The van der Waals surface area contributed by atoms with Crippen LogP contribution in [0.4, 0.5) is 19.7 Å². The Morgan fingerprint density at radius 2 is 1.93 bits per heavy atom. The Bertz CT molecular complexity index is 1730. The van der Waals surface area contributed by atoms with Crippen molar-refractivity contribution in [1.29, 1.82) is 0 Å². The van der Waals surface area contributed by atoms with Crippen LogP contribution in [0.25, 0.3) is 32.2 Å². The molecule has 0 spiro atoms. The Morgan fingerprint density at radius 1 is 1.12 bits per heavy atom. The van der Waals surface area contributed by atoms with Crippen LogP contribution in [-0.4, -0.2) is 76.4 Å². The minimum Gasteiger partial charge on any atom is -0.461 e. The number of nitrogens with zero attached hydrogens (tertiary/aromatic N) is 5. The molecule has 2 bridgehead atoms. The molecule has 4 aliphatic rings. The van der Waals surface area contributed by atoms with Gasteiger partial charge in [0.25, 0.3) is 0 Å². The van der Waals surface area contributed by atoms with E-state index in [4.69, 9.17) is 43.6 Å². The van der Waals surface area contributed by atoms with Gasteiger partial charge in [-0.2, -0.15) is 9.97 Å². The molecule has 42 heavy (non-hydrogen) atoms. The van der Waals surface area contributed by atoms with Crippen molar-refractivity contribution in [2.75, 3.05) is 43.4 Å². The van der Waals surface area contributed by atoms with Gasteiger partial charge in [0.05, 0.1) is 31.3 Å². The molecule has 220 valence electrons. The maximum Gasteiger partial charge on any atom is 0.319 e. The van der Waals surface area contributed by atoms with Crippen molar-refractivity contribution in [2.45, 2.75) is 55.9 Å². The highest BCUT2D eigenvalue weighted by molar-refractivity contribution is 7.22. The van der Waals surface area contributed by atoms with Gasteiger partial charge in [-0.3, -0.25) is 4.90 Å². The van der Waals surface area contributed by atoms with E-state index in [1.54, 1.807) is 6.07 Å². The van der Waals surface area contributed by atoms with Crippen LogP contribution in [0, 0.1) is 5.82 Å². The van der Waals surface area contributed by atoms with Crippen LogP contribution in [0.1, 0.15) is 32.1 Å². The molecule has 2 aromatic heterocycles. The topological polar surface area (TPSA) is 92.4 Å². The molecule has 6 heterocycles. The zero-order valence-electron chi connectivity index (χ0n) is 22.7. The highest BCUT2D eigenvalue weighted by Gasteiger charge is 2.49. The second-order valence-corrected chi connectivity index (χ2v) is 13.8. The van der Waals surface area contributed by atoms with Crippen LogP contribution >= 0.6 is 34.5 Å². The first-order valence-electron chi connectivity index (χ1n) is 14.4. The smallest absolute Gasteiger partial charge is 0.319 e. The normalized spacial score (nSPS) is 27.4. The molecule has 2 unspecified atom stereocenters. The number of aromatic nitrogens is 3. The highest BCUT2D eigenvalue weighted by Crippen LogP contribution is 2.46. The average molecular weight is 633 g/mol. The monoisotopic (exact) mass is 631 g/mol. The molecule has 4 fully saturated rings. The number of thiazole rings is 1. The number of halogens is 4. The summed E-state index contributed by atoms with van der Waals surface area (Å²) in [5.74, 6) is 0.300. The summed E-state index contributed by atoms with van der Waals surface area (Å²) >= 11 is 15.2. The number of ether oxygens (including phenoxy) is 1. The van der Waals surface area contributed by atoms with Crippen molar-refractivity contribution in [3.8, 4) is 17.1 Å². The summed E-state index contributed by atoms with van der Waals surface area (Å²) in [4.78, 5) is 18.6. The lowest BCUT2D eigenvalue weighted by Gasteiger charge is -2.35. The van der Waals surface area contributed by atoms with Gasteiger partial charge in [0.2, 0.25) is 0 Å². The van der Waals surface area contributed by atoms with E-state index in [2.05, 4.69) is 20.1 Å². The molecule has 0 saturated carbocycles. The lowest BCUT2D eigenvalue weighted by molar-refractivity contribution is 0.107. The van der Waals surface area contributed by atoms with Crippen LogP contribution < -0.4 is 20.7 Å². The number of anilines is 2. The molecule has 13 heteroatoms. The Balaban J connectivity index is 1.27. The van der Waals surface area contributed by atoms with Gasteiger partial charge in [0, 0.05) is 54.7 Å². The van der Waals surface area contributed by atoms with Gasteiger partial charge >= 0.3 is 6.01 Å². The van der Waals surface area contributed by atoms with Crippen LogP contribution in [-0.2, 0) is 0 Å². The van der Waals surface area contributed by atoms with Crippen molar-refractivity contribution in [1.82, 2.24) is 25.2 Å². The quantitative estimate of drug-likeness (QED) is 0.284. The molecular formula is C29H29Cl2F2N7OS. The lowest BCUT2D eigenvalue weighted by atomic mass is 9.95. The number of hydrogen-bond donors (Lipinski definition) is 2. The molecule has 0 amide bonds. The molecule has 4 saturated heterocycles. The summed E-state index contributed by atoms with van der Waals surface area (Å²) in [6, 6.07) is 5.76. The fraction of sp³-hybridized carbons (Fsp3) is 0.483. The standard InChI is InChI=1S/C29H29Cl2F2N7OS/c30-19-8-18-23(22(31)21(19)17-4-5-20(33)25-24(17)36-27(34)42-25)37-28(38-26(18)39-11-15-2-3-16(12-39)35-15)41-13-29-6-1-7-40(29)10-14(32)9-29/h4-5,8,14-16,35H,1-3,6-7,9-13H2,(H2,34,36)/t14-,15?,16?,29+/m1/s1. The maximum absolute atomic E-state index is 14.6. The number of hydrogen-bond acceptors (Lipinski definition) is 9. The predicted octanol–water partition coefficient (Wildman–Crippen LogP) is 5.83. The Kier molecular flexibility index (Phi) is 6.42. The molecule has 8 nitrogen and oxygen atoms in total. The van der Waals surface area contributed by atoms with E-state index >= 15 is 0 Å². The van der Waals surface area contributed by atoms with Crippen molar-refractivity contribution >= 4 is 66.6 Å². The van der Waals surface area contributed by atoms with Gasteiger partial charge in [-0.25, -0.2) is 13.8 Å². The van der Waals surface area contributed by atoms with E-state index < -0.39 is 12.0 Å². The first-order valence-corrected chi connectivity index (χ1v) is 15.9. The molecular weight excluding hydrogens is 603 g/mol. The second-order valence-electron chi connectivity index (χ2n) is 12.0. The fourth-order valence-corrected chi connectivity index (χ4v) is 8.99. The molecule has 4 aromatic rings. The van der Waals surface area contributed by atoms with Gasteiger partial charge in [-0.15, -0.1) is 0 Å². The average Bonchev–Trinajstić information content (AvgIpc) is 3.70.